The molecule has 2 aromatic rings. The highest BCUT2D eigenvalue weighted by atomic mass is 19.1. The molecule has 5 rings (SSSR count). The van der Waals surface area contributed by atoms with Gasteiger partial charge in [-0.05, 0) is 55.3 Å². The first-order valence-corrected chi connectivity index (χ1v) is 10.3. The Morgan fingerprint density at radius 2 is 2.10 bits per heavy atom. The van der Waals surface area contributed by atoms with E-state index in [9.17, 15) is 9.18 Å². The number of likely N-dealkylation sites (tertiary alicyclic amines) is 1. The summed E-state index contributed by atoms with van der Waals surface area (Å²) in [6.45, 7) is -2.13. The molecule has 0 radical (unpaired) electrons. The summed E-state index contributed by atoms with van der Waals surface area (Å²) in [7, 11) is 0. The summed E-state index contributed by atoms with van der Waals surface area (Å²) >= 11 is 0. The van der Waals surface area contributed by atoms with Crippen molar-refractivity contribution in [2.45, 2.75) is 31.2 Å². The van der Waals surface area contributed by atoms with E-state index in [-0.39, 0.29) is 30.1 Å². The molecule has 2 aromatic carbocycles. The third-order valence-corrected chi connectivity index (χ3v) is 6.48. The van der Waals surface area contributed by atoms with Gasteiger partial charge in [-0.25, -0.2) is 4.39 Å². The molecule has 0 aliphatic carbocycles. The SMILES string of the molecule is [2H]C([2H])([2H])N1c2cccc3c2N(CC1([2H])[2H])[C@H]1CCN(CCCC(=O)c2ccc(F)cc2)C[C@@H]31. The maximum Gasteiger partial charge on any atom is 0.162 e. The zero-order valence-electron chi connectivity index (χ0n) is 21.3. The number of hydrogen-bond donors (Lipinski definition) is 0. The van der Waals surface area contributed by atoms with Crippen molar-refractivity contribution < 1.29 is 16.0 Å². The van der Waals surface area contributed by atoms with Crippen LogP contribution in [0.1, 0.15) is 48.0 Å². The lowest BCUT2D eigenvalue weighted by molar-refractivity contribution is 0.0971. The molecule has 3 aliphatic heterocycles. The molecule has 2 atom stereocenters. The van der Waals surface area contributed by atoms with E-state index in [1.807, 2.05) is 12.1 Å². The predicted molar refractivity (Wildman–Crippen MR) is 115 cm³/mol. The van der Waals surface area contributed by atoms with E-state index in [4.69, 9.17) is 6.85 Å². The van der Waals surface area contributed by atoms with Gasteiger partial charge in [0.15, 0.2) is 5.78 Å². The predicted octanol–water partition coefficient (Wildman–Crippen LogP) is 3.92. The highest BCUT2D eigenvalue weighted by Gasteiger charge is 2.44. The fraction of sp³-hybridized carbons (Fsp3) is 0.458. The summed E-state index contributed by atoms with van der Waals surface area (Å²) in [4.78, 5) is 17.8. The van der Waals surface area contributed by atoms with E-state index < -0.39 is 13.5 Å². The van der Waals surface area contributed by atoms with Crippen LogP contribution in [-0.2, 0) is 0 Å². The van der Waals surface area contributed by atoms with Crippen molar-refractivity contribution in [3.8, 4) is 0 Å². The van der Waals surface area contributed by atoms with Crippen molar-refractivity contribution in [2.24, 2.45) is 0 Å². The van der Waals surface area contributed by atoms with Gasteiger partial charge in [0.2, 0.25) is 0 Å². The summed E-state index contributed by atoms with van der Waals surface area (Å²) in [6, 6.07) is 11.4. The van der Waals surface area contributed by atoms with E-state index in [1.54, 1.807) is 6.07 Å². The number of carbonyl (C=O) groups excluding carboxylic acids is 1. The van der Waals surface area contributed by atoms with Crippen molar-refractivity contribution in [2.75, 3.05) is 49.5 Å². The number of fused-ring (bicyclic) bond motifs is 3. The Morgan fingerprint density at radius 1 is 1.24 bits per heavy atom. The monoisotopic (exact) mass is 398 g/mol. The second-order valence-electron chi connectivity index (χ2n) is 8.13. The number of nitrogens with zero attached hydrogens (tertiary/aromatic N) is 3. The minimum atomic E-state index is -2.57. The van der Waals surface area contributed by atoms with E-state index in [2.05, 4.69) is 9.80 Å². The second-order valence-corrected chi connectivity index (χ2v) is 8.13. The molecule has 0 aromatic heterocycles. The maximum absolute atomic E-state index is 13.1. The van der Waals surface area contributed by atoms with Gasteiger partial charge in [-0.1, -0.05) is 12.1 Å². The van der Waals surface area contributed by atoms with E-state index in [1.165, 1.54) is 24.3 Å². The number of hydrogen-bond acceptors (Lipinski definition) is 4. The molecule has 29 heavy (non-hydrogen) atoms. The maximum atomic E-state index is 13.1. The number of rotatable bonds is 5. The number of piperidine rings is 1. The topological polar surface area (TPSA) is 26.8 Å². The van der Waals surface area contributed by atoms with Crippen molar-refractivity contribution in [3.05, 3.63) is 59.4 Å². The summed E-state index contributed by atoms with van der Waals surface area (Å²) < 4.78 is 53.9. The van der Waals surface area contributed by atoms with Crippen LogP contribution >= 0.6 is 0 Å². The lowest BCUT2D eigenvalue weighted by atomic mass is 9.89. The zero-order chi connectivity index (χ0) is 24.3. The molecule has 3 heterocycles. The van der Waals surface area contributed by atoms with E-state index in [0.717, 1.165) is 42.2 Å². The molecular formula is C24H28FN3O. The first-order valence-electron chi connectivity index (χ1n) is 12.8. The Bertz CT molecular complexity index is 1090. The average Bonchev–Trinajstić information content (AvgIpc) is 3.06. The Balaban J connectivity index is 1.29. The van der Waals surface area contributed by atoms with Gasteiger partial charge >= 0.3 is 0 Å². The normalized spacial score (nSPS) is 27.8. The summed E-state index contributed by atoms with van der Waals surface area (Å²) in [5.41, 5.74) is 2.91. The highest BCUT2D eigenvalue weighted by Crippen LogP contribution is 2.50. The number of para-hydroxylation sites is 1. The Labute approximate surface area is 178 Å². The van der Waals surface area contributed by atoms with Gasteiger partial charge in [0.1, 0.15) is 5.82 Å². The molecule has 0 N–H and O–H groups in total. The number of Topliss-reactive ketones (excluding diaryl/α,β-unsaturated/α-hetero) is 1. The average molecular weight is 399 g/mol. The first kappa shape index (κ1) is 13.8. The van der Waals surface area contributed by atoms with Gasteiger partial charge < -0.3 is 14.7 Å². The van der Waals surface area contributed by atoms with E-state index >= 15 is 0 Å². The number of carbonyl (C=O) groups is 1. The third-order valence-electron chi connectivity index (χ3n) is 6.48. The van der Waals surface area contributed by atoms with Crippen molar-refractivity contribution in [1.29, 1.82) is 0 Å². The fourth-order valence-electron chi connectivity index (χ4n) is 5.07. The van der Waals surface area contributed by atoms with Crippen molar-refractivity contribution >= 4 is 17.2 Å². The third kappa shape index (κ3) is 3.31. The van der Waals surface area contributed by atoms with Gasteiger partial charge in [0.25, 0.3) is 0 Å². The summed E-state index contributed by atoms with van der Waals surface area (Å²) in [5.74, 6) is -0.175. The summed E-state index contributed by atoms with van der Waals surface area (Å²) in [6.07, 6.45) is 1.96. The molecule has 0 amide bonds. The molecule has 1 saturated heterocycles. The number of likely N-dealkylation sites (N-methyl/N-ethyl adjacent to an activating group) is 1. The largest absolute Gasteiger partial charge is 0.371 e. The molecule has 0 unspecified atom stereocenters. The smallest absolute Gasteiger partial charge is 0.162 e. The van der Waals surface area contributed by atoms with Crippen molar-refractivity contribution in [3.63, 3.8) is 0 Å². The van der Waals surface area contributed by atoms with Crippen LogP contribution in [0.2, 0.25) is 0 Å². The van der Waals surface area contributed by atoms with Gasteiger partial charge in [0.05, 0.1) is 14.1 Å². The minimum absolute atomic E-state index is 0.00907. The second kappa shape index (κ2) is 7.45. The first-order chi connectivity index (χ1) is 16.1. The molecule has 3 aliphatic rings. The minimum Gasteiger partial charge on any atom is -0.371 e. The van der Waals surface area contributed by atoms with Gasteiger partial charge in [-0.15, -0.1) is 0 Å². The van der Waals surface area contributed by atoms with Crippen LogP contribution < -0.4 is 9.80 Å². The number of ketones is 1. The molecule has 152 valence electrons. The number of benzene rings is 2. The van der Waals surface area contributed by atoms with Crippen molar-refractivity contribution in [1.82, 2.24) is 4.90 Å². The Kier molecular flexibility index (Phi) is 3.53. The van der Waals surface area contributed by atoms with Crippen LogP contribution in [0.25, 0.3) is 0 Å². The lowest BCUT2D eigenvalue weighted by Crippen LogP contribution is -2.49. The van der Waals surface area contributed by atoms with Crippen LogP contribution in [-0.4, -0.2) is 56.4 Å². The number of halogens is 1. The Hall–Kier alpha value is -2.40. The highest BCUT2D eigenvalue weighted by molar-refractivity contribution is 5.95. The van der Waals surface area contributed by atoms with Crippen LogP contribution in [0.4, 0.5) is 15.8 Å². The molecule has 4 nitrogen and oxygen atoms in total. The molecular weight excluding hydrogens is 365 g/mol. The van der Waals surface area contributed by atoms with Gasteiger partial charge in [-0.3, -0.25) is 4.79 Å². The van der Waals surface area contributed by atoms with Crippen LogP contribution in [0.5, 0.6) is 0 Å². The lowest BCUT2D eigenvalue weighted by Gasteiger charge is -2.41. The van der Waals surface area contributed by atoms with Crippen LogP contribution in [0.3, 0.4) is 0 Å². The zero-order valence-corrected chi connectivity index (χ0v) is 16.3. The quantitative estimate of drug-likeness (QED) is 0.714. The van der Waals surface area contributed by atoms with Crippen LogP contribution in [0.15, 0.2) is 42.5 Å². The Morgan fingerprint density at radius 3 is 2.93 bits per heavy atom. The number of anilines is 2. The summed E-state index contributed by atoms with van der Waals surface area (Å²) in [5, 5.41) is 0. The standard InChI is InChI=1S/C24H28FN3O/c1-26-14-15-28-21-11-13-27(16-20(21)19-4-2-5-22(26)24(19)28)12-3-6-23(29)17-7-9-18(25)10-8-17/h2,4-5,7-10,20-21H,3,6,11-16H2,1H3/t20-,21-/m0/s1/i1D3,14D2. The van der Waals surface area contributed by atoms with Gasteiger partial charge in [0, 0.05) is 61.2 Å². The molecule has 0 spiro atoms. The van der Waals surface area contributed by atoms with Crippen LogP contribution in [0, 0.1) is 5.82 Å². The van der Waals surface area contributed by atoms with E-state index in [0.29, 0.717) is 24.1 Å². The molecule has 5 heteroatoms. The molecule has 0 saturated carbocycles. The van der Waals surface area contributed by atoms with Gasteiger partial charge in [-0.2, -0.15) is 0 Å². The fourth-order valence-corrected chi connectivity index (χ4v) is 5.07. The molecule has 1 fully saturated rings. The molecule has 0 bridgehead atoms.